The Morgan fingerprint density at radius 1 is 1.17 bits per heavy atom. The molecule has 1 amide bonds. The summed E-state index contributed by atoms with van der Waals surface area (Å²) < 4.78 is 11.2. The number of ether oxygens (including phenoxy) is 2. The van der Waals surface area contributed by atoms with E-state index in [2.05, 4.69) is 24.1 Å². The molecule has 1 aromatic heterocycles. The molecule has 29 heavy (non-hydrogen) atoms. The topological polar surface area (TPSA) is 60.5 Å². The van der Waals surface area contributed by atoms with Crippen LogP contribution in [0, 0.1) is 5.92 Å². The molecule has 0 aliphatic carbocycles. The second-order valence-corrected chi connectivity index (χ2v) is 8.04. The number of carbonyl (C=O) groups excluding carboxylic acids is 1. The number of thiazole rings is 1. The zero-order valence-electron chi connectivity index (χ0n) is 16.5. The van der Waals surface area contributed by atoms with Gasteiger partial charge >= 0.3 is 0 Å². The third-order valence-electron chi connectivity index (χ3n) is 4.47. The number of nitrogens with zero attached hydrogens (tertiary/aromatic N) is 1. The van der Waals surface area contributed by atoms with Crippen LogP contribution in [0.3, 0.4) is 0 Å². The highest BCUT2D eigenvalue weighted by molar-refractivity contribution is 7.07. The Morgan fingerprint density at radius 2 is 1.93 bits per heavy atom. The van der Waals surface area contributed by atoms with Crippen molar-refractivity contribution in [1.82, 2.24) is 10.3 Å². The lowest BCUT2D eigenvalue weighted by atomic mass is 9.95. The van der Waals surface area contributed by atoms with Crippen LogP contribution in [0.4, 0.5) is 0 Å². The molecular weight excluding hydrogens is 408 g/mol. The first-order valence-corrected chi connectivity index (χ1v) is 10.5. The summed E-state index contributed by atoms with van der Waals surface area (Å²) in [5, 5.41) is 5.70. The van der Waals surface area contributed by atoms with Crippen LogP contribution in [0.25, 0.3) is 0 Å². The maximum Gasteiger partial charge on any atom is 0.251 e. The molecule has 1 heterocycles. The summed E-state index contributed by atoms with van der Waals surface area (Å²) in [5.41, 5.74) is 4.12. The summed E-state index contributed by atoms with van der Waals surface area (Å²) in [4.78, 5) is 17.1. The summed E-state index contributed by atoms with van der Waals surface area (Å²) in [6.45, 7) is 4.47. The van der Waals surface area contributed by atoms with Crippen LogP contribution in [0.1, 0.15) is 41.5 Å². The van der Waals surface area contributed by atoms with Crippen LogP contribution in [0.15, 0.2) is 53.4 Å². The molecule has 5 nitrogen and oxygen atoms in total. The van der Waals surface area contributed by atoms with Crippen LogP contribution in [0.5, 0.6) is 11.5 Å². The van der Waals surface area contributed by atoms with E-state index < -0.39 is 0 Å². The van der Waals surface area contributed by atoms with Gasteiger partial charge in [-0.05, 0) is 41.8 Å². The van der Waals surface area contributed by atoms with Gasteiger partial charge in [0.1, 0.15) is 6.61 Å². The lowest BCUT2D eigenvalue weighted by Crippen LogP contribution is -2.31. The van der Waals surface area contributed by atoms with Crippen molar-refractivity contribution in [3.05, 3.63) is 75.2 Å². The predicted octanol–water partition coefficient (Wildman–Crippen LogP) is 5.51. The molecule has 1 atom stereocenters. The van der Waals surface area contributed by atoms with Crippen molar-refractivity contribution in [2.75, 3.05) is 7.11 Å². The monoisotopic (exact) mass is 430 g/mol. The highest BCUT2D eigenvalue weighted by Gasteiger charge is 2.20. The van der Waals surface area contributed by atoms with Crippen LogP contribution in [-0.2, 0) is 6.61 Å². The van der Waals surface area contributed by atoms with Crippen molar-refractivity contribution in [3.8, 4) is 11.5 Å². The highest BCUT2D eigenvalue weighted by Crippen LogP contribution is 2.30. The lowest BCUT2D eigenvalue weighted by Gasteiger charge is -2.23. The summed E-state index contributed by atoms with van der Waals surface area (Å²) in [6.07, 6.45) is 0. The number of benzene rings is 2. The average molecular weight is 431 g/mol. The second-order valence-electron chi connectivity index (χ2n) is 6.88. The Morgan fingerprint density at radius 3 is 2.55 bits per heavy atom. The van der Waals surface area contributed by atoms with Crippen molar-refractivity contribution in [2.45, 2.75) is 26.5 Å². The van der Waals surface area contributed by atoms with E-state index in [1.54, 1.807) is 30.8 Å². The van der Waals surface area contributed by atoms with E-state index >= 15 is 0 Å². The van der Waals surface area contributed by atoms with E-state index in [1.807, 2.05) is 29.6 Å². The van der Waals surface area contributed by atoms with Gasteiger partial charge in [-0.1, -0.05) is 37.6 Å². The summed E-state index contributed by atoms with van der Waals surface area (Å²) in [5.74, 6) is 1.10. The van der Waals surface area contributed by atoms with E-state index in [-0.39, 0.29) is 17.9 Å². The van der Waals surface area contributed by atoms with Gasteiger partial charge < -0.3 is 14.8 Å². The number of aromatic nitrogens is 1. The summed E-state index contributed by atoms with van der Waals surface area (Å²) in [7, 11) is 1.55. The fraction of sp³-hybridized carbons (Fsp3) is 0.273. The highest BCUT2D eigenvalue weighted by atomic mass is 35.5. The Hall–Kier alpha value is -2.57. The van der Waals surface area contributed by atoms with Gasteiger partial charge in [0.25, 0.3) is 5.91 Å². The van der Waals surface area contributed by atoms with Gasteiger partial charge in [-0.2, -0.15) is 0 Å². The Kier molecular flexibility index (Phi) is 7.12. The lowest BCUT2D eigenvalue weighted by molar-refractivity contribution is 0.0925. The Balaban J connectivity index is 1.74. The maximum absolute atomic E-state index is 12.9. The molecule has 2 aromatic carbocycles. The summed E-state index contributed by atoms with van der Waals surface area (Å²) in [6, 6.07) is 12.6. The number of hydrogen-bond donors (Lipinski definition) is 1. The van der Waals surface area contributed by atoms with E-state index in [9.17, 15) is 4.79 Å². The molecule has 152 valence electrons. The van der Waals surface area contributed by atoms with Crippen molar-refractivity contribution in [2.24, 2.45) is 5.92 Å². The first kappa shape index (κ1) is 21.1. The zero-order chi connectivity index (χ0) is 20.8. The average Bonchev–Trinajstić information content (AvgIpc) is 3.24. The van der Waals surface area contributed by atoms with E-state index in [0.717, 1.165) is 11.3 Å². The maximum atomic E-state index is 12.9. The molecule has 0 saturated carbocycles. The van der Waals surface area contributed by atoms with Gasteiger partial charge in [0, 0.05) is 16.0 Å². The first-order valence-electron chi connectivity index (χ1n) is 9.22. The first-order chi connectivity index (χ1) is 14.0. The molecule has 1 unspecified atom stereocenters. The number of carbonyl (C=O) groups is 1. The van der Waals surface area contributed by atoms with E-state index in [0.29, 0.717) is 28.7 Å². The van der Waals surface area contributed by atoms with Crippen LogP contribution in [-0.4, -0.2) is 18.0 Å². The Bertz CT molecular complexity index is 943. The van der Waals surface area contributed by atoms with Crippen LogP contribution in [0.2, 0.25) is 5.02 Å². The van der Waals surface area contributed by atoms with E-state index in [1.165, 1.54) is 11.3 Å². The number of methoxy groups -OCH3 is 1. The van der Waals surface area contributed by atoms with Crippen LogP contribution < -0.4 is 14.8 Å². The number of nitrogens with one attached hydrogen (secondary N) is 1. The normalized spacial score (nSPS) is 11.9. The minimum Gasteiger partial charge on any atom is -0.493 e. The minimum atomic E-state index is -0.178. The van der Waals surface area contributed by atoms with Crippen molar-refractivity contribution in [3.63, 3.8) is 0 Å². The number of amides is 1. The molecule has 1 N–H and O–H groups in total. The minimum absolute atomic E-state index is 0.133. The van der Waals surface area contributed by atoms with E-state index in [4.69, 9.17) is 21.1 Å². The Labute approximate surface area is 179 Å². The molecule has 0 radical (unpaired) electrons. The number of hydrogen-bond acceptors (Lipinski definition) is 5. The quantitative estimate of drug-likeness (QED) is 0.511. The molecule has 0 saturated heterocycles. The van der Waals surface area contributed by atoms with Gasteiger partial charge in [0.15, 0.2) is 11.5 Å². The molecule has 7 heteroatoms. The molecule has 0 aliphatic rings. The molecule has 3 aromatic rings. The van der Waals surface area contributed by atoms with Gasteiger partial charge in [-0.25, -0.2) is 4.98 Å². The fourth-order valence-corrected chi connectivity index (χ4v) is 3.59. The number of rotatable bonds is 8. The third kappa shape index (κ3) is 5.49. The smallest absolute Gasteiger partial charge is 0.251 e. The van der Waals surface area contributed by atoms with Gasteiger partial charge in [0.05, 0.1) is 24.4 Å². The standard InChI is InChI=1S/C22H23ClN2O3S/c1-14(2)21(15-4-7-17(23)8-5-15)25-22(26)16-6-9-19(20(10-16)27-3)28-11-18-12-29-13-24-18/h4-10,12-14,21H,11H2,1-3H3,(H,25,26). The van der Waals surface area contributed by atoms with Crippen molar-refractivity contribution < 1.29 is 14.3 Å². The largest absolute Gasteiger partial charge is 0.493 e. The molecule has 0 fully saturated rings. The molecular formula is C22H23ClN2O3S. The second kappa shape index (κ2) is 9.76. The third-order valence-corrected chi connectivity index (χ3v) is 5.35. The van der Waals surface area contributed by atoms with Crippen molar-refractivity contribution in [1.29, 1.82) is 0 Å². The predicted molar refractivity (Wildman–Crippen MR) is 116 cm³/mol. The van der Waals surface area contributed by atoms with Gasteiger partial charge in [-0.3, -0.25) is 4.79 Å². The van der Waals surface area contributed by atoms with Gasteiger partial charge in [-0.15, -0.1) is 11.3 Å². The molecule has 0 aliphatic heterocycles. The van der Waals surface area contributed by atoms with Crippen molar-refractivity contribution >= 4 is 28.8 Å². The molecule has 3 rings (SSSR count). The summed E-state index contributed by atoms with van der Waals surface area (Å²) >= 11 is 7.50. The van der Waals surface area contributed by atoms with Crippen LogP contribution >= 0.6 is 22.9 Å². The van der Waals surface area contributed by atoms with Gasteiger partial charge in [0.2, 0.25) is 0 Å². The zero-order valence-corrected chi connectivity index (χ0v) is 18.1. The number of halogens is 1. The SMILES string of the molecule is COc1cc(C(=O)NC(c2ccc(Cl)cc2)C(C)C)ccc1OCc1cscn1. The molecule has 0 spiro atoms. The molecule has 0 bridgehead atoms. The fourth-order valence-electron chi connectivity index (χ4n) is 2.92.